The number of hydrogen-bond donors (Lipinski definition) is 1. The number of nitrogen functional groups attached to an aromatic ring is 1. The van der Waals surface area contributed by atoms with Crippen molar-refractivity contribution in [3.63, 3.8) is 0 Å². The molecule has 0 saturated heterocycles. The van der Waals surface area contributed by atoms with Gasteiger partial charge in [-0.3, -0.25) is 0 Å². The summed E-state index contributed by atoms with van der Waals surface area (Å²) in [6.45, 7) is 0. The monoisotopic (exact) mass is 242 g/mol. The molecule has 2 N–H and O–H groups in total. The first kappa shape index (κ1) is 10.2. The molecule has 84 valence electrons. The molecule has 3 rings (SSSR count). The topological polar surface area (TPSA) is 64.7 Å². The summed E-state index contributed by atoms with van der Waals surface area (Å²) in [5, 5.41) is 1.02. The van der Waals surface area contributed by atoms with Gasteiger partial charge in [0.15, 0.2) is 10.5 Å². The van der Waals surface area contributed by atoms with Crippen molar-refractivity contribution in [2.45, 2.75) is 6.42 Å². The molecule has 0 unspecified atom stereocenters. The van der Waals surface area contributed by atoms with Gasteiger partial charge in [0.2, 0.25) is 0 Å². The number of rotatable bonds is 2. The fourth-order valence-corrected chi connectivity index (χ4v) is 2.50. The largest absolute Gasteiger partial charge is 0.399 e. The van der Waals surface area contributed by atoms with Crippen LogP contribution in [0.3, 0.4) is 0 Å². The van der Waals surface area contributed by atoms with E-state index < -0.39 is 0 Å². The van der Waals surface area contributed by atoms with E-state index in [4.69, 9.17) is 5.73 Å². The second-order valence-corrected chi connectivity index (χ2v) is 4.77. The minimum Gasteiger partial charge on any atom is -0.399 e. The number of thiazole rings is 1. The zero-order chi connectivity index (χ0) is 11.7. The molecule has 17 heavy (non-hydrogen) atoms. The average Bonchev–Trinajstić information content (AvgIpc) is 2.74. The molecule has 0 radical (unpaired) electrons. The number of hydrogen-bond acceptors (Lipinski definition) is 5. The number of fused-ring (bicyclic) bond motifs is 1. The highest BCUT2D eigenvalue weighted by Gasteiger charge is 2.05. The first-order valence-corrected chi connectivity index (χ1v) is 6.04. The van der Waals surface area contributed by atoms with Gasteiger partial charge in [-0.05, 0) is 17.7 Å². The number of nitrogens with two attached hydrogens (primary N) is 1. The Morgan fingerprint density at radius 1 is 1.06 bits per heavy atom. The standard InChI is InChI=1S/C12H10N4S/c13-9-3-1-8(2-4-9)7-10-16-11-12(17-10)15-6-5-14-11/h1-6H,7,13H2. The van der Waals surface area contributed by atoms with Crippen LogP contribution in [0.4, 0.5) is 5.69 Å². The fourth-order valence-electron chi connectivity index (χ4n) is 1.60. The minimum absolute atomic E-state index is 0.725. The van der Waals surface area contributed by atoms with E-state index in [1.54, 1.807) is 23.7 Å². The van der Waals surface area contributed by atoms with Gasteiger partial charge in [-0.2, -0.15) is 0 Å². The molecule has 3 aromatic rings. The van der Waals surface area contributed by atoms with Gasteiger partial charge in [0, 0.05) is 24.5 Å². The number of nitrogens with zero attached hydrogens (tertiary/aromatic N) is 3. The predicted octanol–water partition coefficient (Wildman–Crippen LogP) is 2.26. The highest BCUT2D eigenvalue weighted by Crippen LogP contribution is 2.20. The normalized spacial score (nSPS) is 10.8. The Morgan fingerprint density at radius 3 is 2.59 bits per heavy atom. The number of aromatic nitrogens is 3. The van der Waals surface area contributed by atoms with Crippen LogP contribution < -0.4 is 5.73 Å². The first-order valence-electron chi connectivity index (χ1n) is 5.22. The van der Waals surface area contributed by atoms with Gasteiger partial charge < -0.3 is 5.73 Å². The summed E-state index contributed by atoms with van der Waals surface area (Å²) in [6, 6.07) is 7.84. The molecule has 0 saturated carbocycles. The summed E-state index contributed by atoms with van der Waals surface area (Å²) in [5.74, 6) is 0. The zero-order valence-electron chi connectivity index (χ0n) is 9.00. The summed E-state index contributed by atoms with van der Waals surface area (Å²) in [7, 11) is 0. The van der Waals surface area contributed by atoms with Crippen molar-refractivity contribution < 1.29 is 0 Å². The molecule has 0 aliphatic carbocycles. The van der Waals surface area contributed by atoms with Crippen LogP contribution in [0.5, 0.6) is 0 Å². The maximum atomic E-state index is 5.65. The molecule has 0 aliphatic heterocycles. The van der Waals surface area contributed by atoms with E-state index in [0.717, 1.165) is 27.6 Å². The third kappa shape index (κ3) is 2.09. The maximum Gasteiger partial charge on any atom is 0.189 e. The molecule has 0 spiro atoms. The van der Waals surface area contributed by atoms with Crippen LogP contribution in [-0.4, -0.2) is 15.0 Å². The second-order valence-electron chi connectivity index (χ2n) is 3.71. The van der Waals surface area contributed by atoms with Crippen molar-refractivity contribution in [1.29, 1.82) is 0 Å². The molecular weight excluding hydrogens is 232 g/mol. The molecule has 1 aromatic carbocycles. The summed E-state index contributed by atoms with van der Waals surface area (Å²) < 4.78 is 0. The third-order valence-corrected chi connectivity index (χ3v) is 3.38. The van der Waals surface area contributed by atoms with Crippen LogP contribution in [0.15, 0.2) is 36.7 Å². The van der Waals surface area contributed by atoms with Gasteiger partial charge in [0.1, 0.15) is 5.01 Å². The minimum atomic E-state index is 0.725. The lowest BCUT2D eigenvalue weighted by Gasteiger charge is -1.97. The van der Waals surface area contributed by atoms with Crippen LogP contribution in [-0.2, 0) is 6.42 Å². The molecule has 0 amide bonds. The molecule has 2 heterocycles. The van der Waals surface area contributed by atoms with Crippen molar-refractivity contribution in [3.05, 3.63) is 47.2 Å². The lowest BCUT2D eigenvalue weighted by Crippen LogP contribution is -1.89. The molecule has 0 fully saturated rings. The lowest BCUT2D eigenvalue weighted by molar-refractivity contribution is 1.14. The molecule has 0 atom stereocenters. The summed E-state index contributed by atoms with van der Waals surface area (Å²) >= 11 is 1.58. The van der Waals surface area contributed by atoms with Crippen molar-refractivity contribution in [2.75, 3.05) is 5.73 Å². The highest BCUT2D eigenvalue weighted by molar-refractivity contribution is 7.18. The Balaban J connectivity index is 1.92. The van der Waals surface area contributed by atoms with E-state index in [-0.39, 0.29) is 0 Å². The van der Waals surface area contributed by atoms with Crippen LogP contribution in [0.2, 0.25) is 0 Å². The fraction of sp³-hybridized carbons (Fsp3) is 0.0833. The Kier molecular flexibility index (Phi) is 2.45. The molecule has 0 bridgehead atoms. The van der Waals surface area contributed by atoms with Crippen LogP contribution in [0.25, 0.3) is 10.5 Å². The maximum absolute atomic E-state index is 5.65. The second kappa shape index (κ2) is 4.10. The number of anilines is 1. The van der Waals surface area contributed by atoms with E-state index in [2.05, 4.69) is 15.0 Å². The smallest absolute Gasteiger partial charge is 0.189 e. The Bertz CT molecular complexity index is 612. The third-order valence-electron chi connectivity index (χ3n) is 2.43. The molecule has 0 aliphatic rings. The number of benzene rings is 1. The molecular formula is C12H10N4S. The Labute approximate surface area is 102 Å². The van der Waals surface area contributed by atoms with Crippen molar-refractivity contribution in [2.24, 2.45) is 0 Å². The van der Waals surface area contributed by atoms with Gasteiger partial charge in [0.05, 0.1) is 0 Å². The Hall–Kier alpha value is -2.01. The SMILES string of the molecule is Nc1ccc(Cc2nc3nccnc3s2)cc1. The van der Waals surface area contributed by atoms with Crippen molar-refractivity contribution in [1.82, 2.24) is 15.0 Å². The van der Waals surface area contributed by atoms with E-state index in [9.17, 15) is 0 Å². The van der Waals surface area contributed by atoms with Crippen molar-refractivity contribution in [3.8, 4) is 0 Å². The first-order chi connectivity index (χ1) is 8.31. The zero-order valence-corrected chi connectivity index (χ0v) is 9.81. The molecule has 2 aromatic heterocycles. The van der Waals surface area contributed by atoms with Gasteiger partial charge in [-0.25, -0.2) is 15.0 Å². The van der Waals surface area contributed by atoms with E-state index in [1.165, 1.54) is 5.56 Å². The summed E-state index contributed by atoms with van der Waals surface area (Å²) in [4.78, 5) is 13.7. The van der Waals surface area contributed by atoms with Crippen molar-refractivity contribution >= 4 is 27.5 Å². The predicted molar refractivity (Wildman–Crippen MR) is 68.9 cm³/mol. The van der Waals surface area contributed by atoms with E-state index in [0.29, 0.717) is 0 Å². The lowest BCUT2D eigenvalue weighted by atomic mass is 10.1. The molecule has 4 nitrogen and oxygen atoms in total. The highest BCUT2D eigenvalue weighted by atomic mass is 32.1. The van der Waals surface area contributed by atoms with Gasteiger partial charge >= 0.3 is 0 Å². The van der Waals surface area contributed by atoms with E-state index in [1.807, 2.05) is 24.3 Å². The van der Waals surface area contributed by atoms with Gasteiger partial charge in [0.25, 0.3) is 0 Å². The van der Waals surface area contributed by atoms with Gasteiger partial charge in [-0.15, -0.1) is 0 Å². The summed E-state index contributed by atoms with van der Waals surface area (Å²) in [5.41, 5.74) is 8.35. The van der Waals surface area contributed by atoms with Crippen LogP contribution in [0.1, 0.15) is 10.6 Å². The Morgan fingerprint density at radius 2 is 1.82 bits per heavy atom. The van der Waals surface area contributed by atoms with E-state index >= 15 is 0 Å². The van der Waals surface area contributed by atoms with Crippen LogP contribution in [0, 0.1) is 0 Å². The molecule has 5 heteroatoms. The quantitative estimate of drug-likeness (QED) is 0.700. The van der Waals surface area contributed by atoms with Gasteiger partial charge in [-0.1, -0.05) is 23.5 Å². The summed E-state index contributed by atoms with van der Waals surface area (Å²) in [6.07, 6.45) is 4.14. The average molecular weight is 242 g/mol. The van der Waals surface area contributed by atoms with Crippen LogP contribution >= 0.6 is 11.3 Å².